The maximum absolute atomic E-state index is 12.7. The predicted molar refractivity (Wildman–Crippen MR) is 120 cm³/mol. The molecule has 2 atom stereocenters. The van der Waals surface area contributed by atoms with E-state index in [-0.39, 0.29) is 13.1 Å². The zero-order valence-electron chi connectivity index (χ0n) is 20.4. The van der Waals surface area contributed by atoms with Gasteiger partial charge in [0.2, 0.25) is 0 Å². The molecule has 0 aliphatic rings. The van der Waals surface area contributed by atoms with Gasteiger partial charge in [0.25, 0.3) is 0 Å². The number of likely N-dealkylation sites (N-methyl/N-ethyl adjacent to an activating group) is 2. The van der Waals surface area contributed by atoms with Crippen molar-refractivity contribution in [3.05, 3.63) is 0 Å². The molecule has 0 aliphatic carbocycles. The molecule has 14 heteroatoms. The van der Waals surface area contributed by atoms with Gasteiger partial charge in [0.05, 0.1) is 0 Å². The highest BCUT2D eigenvalue weighted by Gasteiger charge is 2.39. The third-order valence-electron chi connectivity index (χ3n) is 5.47. The first-order valence-corrected chi connectivity index (χ1v) is 11.4. The van der Waals surface area contributed by atoms with Gasteiger partial charge in [-0.1, -0.05) is 6.92 Å². The maximum Gasteiger partial charge on any atom is 0.415 e. The molecular formula is C20H42F6N6O2. The Bertz CT molecular complexity index is 515. The largest absolute Gasteiger partial charge is 0.415 e. The van der Waals surface area contributed by atoms with Crippen LogP contribution in [0.1, 0.15) is 6.92 Å². The summed E-state index contributed by atoms with van der Waals surface area (Å²) in [6, 6.07) is 0. The number of halogens is 6. The van der Waals surface area contributed by atoms with Gasteiger partial charge in [0, 0.05) is 78.5 Å². The van der Waals surface area contributed by atoms with E-state index in [2.05, 4.69) is 5.32 Å². The molecule has 206 valence electrons. The van der Waals surface area contributed by atoms with Gasteiger partial charge in [-0.2, -0.15) is 26.3 Å². The van der Waals surface area contributed by atoms with Gasteiger partial charge in [0.1, 0.15) is 0 Å². The van der Waals surface area contributed by atoms with E-state index < -0.39 is 37.7 Å². The average Bonchev–Trinajstić information content (AvgIpc) is 2.73. The van der Waals surface area contributed by atoms with Crippen molar-refractivity contribution >= 4 is 0 Å². The monoisotopic (exact) mass is 512 g/mol. The molecule has 0 aromatic heterocycles. The number of aliphatic hydroxyl groups is 2. The molecule has 2 unspecified atom stereocenters. The number of alkyl halides is 6. The van der Waals surface area contributed by atoms with Crippen LogP contribution in [-0.4, -0.2) is 154 Å². The highest BCUT2D eigenvalue weighted by Crippen LogP contribution is 2.21. The normalized spacial score (nSPS) is 15.2. The second-order valence-corrected chi connectivity index (χ2v) is 8.45. The lowest BCUT2D eigenvalue weighted by atomic mass is 10.3. The summed E-state index contributed by atoms with van der Waals surface area (Å²) in [5.41, 5.74) is 5.45. The molecule has 0 heterocycles. The summed E-state index contributed by atoms with van der Waals surface area (Å²) < 4.78 is 75.9. The fraction of sp³-hybridized carbons (Fsp3) is 1.00. The van der Waals surface area contributed by atoms with Gasteiger partial charge >= 0.3 is 12.4 Å². The van der Waals surface area contributed by atoms with E-state index >= 15 is 0 Å². The van der Waals surface area contributed by atoms with Crippen LogP contribution >= 0.6 is 0 Å². The summed E-state index contributed by atoms with van der Waals surface area (Å²) in [4.78, 5) is 6.89. The molecule has 0 aliphatic heterocycles. The quantitative estimate of drug-likeness (QED) is 0.141. The lowest BCUT2D eigenvalue weighted by Crippen LogP contribution is -2.46. The van der Waals surface area contributed by atoms with Crippen LogP contribution in [0, 0.1) is 0 Å². The summed E-state index contributed by atoms with van der Waals surface area (Å²) >= 11 is 0. The Morgan fingerprint density at radius 3 is 1.59 bits per heavy atom. The molecule has 5 N–H and O–H groups in total. The first-order chi connectivity index (χ1) is 15.7. The molecule has 34 heavy (non-hydrogen) atoms. The minimum absolute atomic E-state index is 0.170. The van der Waals surface area contributed by atoms with Crippen molar-refractivity contribution in [3.8, 4) is 0 Å². The molecule has 0 fully saturated rings. The number of aliphatic hydroxyl groups excluding tert-OH is 2. The van der Waals surface area contributed by atoms with Gasteiger partial charge < -0.3 is 31.1 Å². The Hall–Kier alpha value is -0.740. The van der Waals surface area contributed by atoms with Gasteiger partial charge in [-0.05, 0) is 20.6 Å². The van der Waals surface area contributed by atoms with Crippen molar-refractivity contribution in [2.45, 2.75) is 31.5 Å². The lowest BCUT2D eigenvalue weighted by molar-refractivity contribution is -0.208. The Morgan fingerprint density at radius 1 is 0.706 bits per heavy atom. The third-order valence-corrected chi connectivity index (χ3v) is 5.47. The maximum atomic E-state index is 12.7. The second kappa shape index (κ2) is 16.8. The van der Waals surface area contributed by atoms with Crippen LogP contribution in [0.4, 0.5) is 26.3 Å². The smallest absolute Gasteiger partial charge is 0.382 e. The molecule has 0 aromatic carbocycles. The first-order valence-electron chi connectivity index (χ1n) is 11.4. The molecule has 0 radical (unpaired) electrons. The van der Waals surface area contributed by atoms with E-state index in [1.165, 1.54) is 4.90 Å². The van der Waals surface area contributed by atoms with Crippen LogP contribution in [-0.2, 0) is 0 Å². The topological polar surface area (TPSA) is 91.5 Å². The number of nitrogens with one attached hydrogen (secondary N) is 1. The molecule has 0 amide bonds. The highest BCUT2D eigenvalue weighted by atomic mass is 19.4. The lowest BCUT2D eigenvalue weighted by Gasteiger charge is -2.28. The highest BCUT2D eigenvalue weighted by molar-refractivity contribution is 4.74. The van der Waals surface area contributed by atoms with Crippen LogP contribution in [0.25, 0.3) is 0 Å². The van der Waals surface area contributed by atoms with Crippen LogP contribution in [0.5, 0.6) is 0 Å². The standard InChI is InChI=1S/C20H42F6N6O2/c1-4-29(2)11-13-32(16-18(34)20(24,25)26)10-7-28-6-9-30(3)12-14-31(8-5-27)15-17(33)19(21,22)23/h17-18,28,33-34H,4-16,27H2,1-3H3. The molecule has 0 aromatic rings. The van der Waals surface area contributed by atoms with Gasteiger partial charge in [0.15, 0.2) is 12.2 Å². The van der Waals surface area contributed by atoms with Crippen LogP contribution < -0.4 is 11.1 Å². The van der Waals surface area contributed by atoms with Crippen molar-refractivity contribution in [2.24, 2.45) is 5.73 Å². The van der Waals surface area contributed by atoms with E-state index in [0.29, 0.717) is 52.4 Å². The third kappa shape index (κ3) is 16.0. The van der Waals surface area contributed by atoms with E-state index in [9.17, 15) is 36.6 Å². The number of hydrogen-bond donors (Lipinski definition) is 4. The zero-order chi connectivity index (χ0) is 26.4. The van der Waals surface area contributed by atoms with E-state index in [1.54, 1.807) is 11.9 Å². The van der Waals surface area contributed by atoms with E-state index in [0.717, 1.165) is 6.54 Å². The Labute approximate surface area is 198 Å². The minimum Gasteiger partial charge on any atom is -0.382 e. The molecule has 8 nitrogen and oxygen atoms in total. The van der Waals surface area contributed by atoms with Gasteiger partial charge in [-0.3, -0.25) is 9.80 Å². The summed E-state index contributed by atoms with van der Waals surface area (Å²) in [6.45, 7) is 5.64. The first kappa shape index (κ1) is 33.3. The fourth-order valence-corrected chi connectivity index (χ4v) is 2.99. The molecule has 0 saturated carbocycles. The van der Waals surface area contributed by atoms with E-state index in [1.807, 2.05) is 23.8 Å². The molecular weight excluding hydrogens is 470 g/mol. The van der Waals surface area contributed by atoms with Crippen molar-refractivity contribution in [3.63, 3.8) is 0 Å². The van der Waals surface area contributed by atoms with Gasteiger partial charge in [-0.15, -0.1) is 0 Å². The Balaban J connectivity index is 4.37. The summed E-state index contributed by atoms with van der Waals surface area (Å²) in [7, 11) is 3.67. The predicted octanol–water partition coefficient (Wildman–Crippen LogP) is -0.131. The van der Waals surface area contributed by atoms with Crippen LogP contribution in [0.2, 0.25) is 0 Å². The van der Waals surface area contributed by atoms with Crippen molar-refractivity contribution in [2.75, 3.05) is 99.2 Å². The molecule has 0 rings (SSSR count). The molecule has 0 bridgehead atoms. The van der Waals surface area contributed by atoms with Crippen molar-refractivity contribution in [1.29, 1.82) is 0 Å². The minimum atomic E-state index is -4.68. The zero-order valence-corrected chi connectivity index (χ0v) is 20.4. The SMILES string of the molecule is CCN(C)CCN(CCNCCN(C)CCN(CCN)CC(O)C(F)(F)F)CC(O)C(F)(F)F. The summed E-state index contributed by atoms with van der Waals surface area (Å²) in [6.07, 6.45) is -14.2. The molecule has 0 saturated heterocycles. The fourth-order valence-electron chi connectivity index (χ4n) is 2.99. The Morgan fingerprint density at radius 2 is 1.15 bits per heavy atom. The summed E-state index contributed by atoms with van der Waals surface area (Å²) in [5, 5.41) is 21.8. The van der Waals surface area contributed by atoms with Crippen LogP contribution in [0.3, 0.4) is 0 Å². The number of hydrogen-bond acceptors (Lipinski definition) is 8. The average molecular weight is 513 g/mol. The number of rotatable bonds is 19. The number of nitrogens with zero attached hydrogens (tertiary/aromatic N) is 4. The molecule has 0 spiro atoms. The van der Waals surface area contributed by atoms with E-state index in [4.69, 9.17) is 5.73 Å². The second-order valence-electron chi connectivity index (χ2n) is 8.45. The van der Waals surface area contributed by atoms with Crippen LogP contribution in [0.15, 0.2) is 0 Å². The van der Waals surface area contributed by atoms with Crippen molar-refractivity contribution in [1.82, 2.24) is 24.9 Å². The number of nitrogens with two attached hydrogens (primary N) is 1. The Kier molecular flexibility index (Phi) is 16.5. The van der Waals surface area contributed by atoms with Gasteiger partial charge in [-0.25, -0.2) is 0 Å². The summed E-state index contributed by atoms with van der Waals surface area (Å²) in [5.74, 6) is 0. The van der Waals surface area contributed by atoms with Crippen molar-refractivity contribution < 1.29 is 36.6 Å².